The van der Waals surface area contributed by atoms with Gasteiger partial charge in [0, 0.05) is 29.2 Å². The summed E-state index contributed by atoms with van der Waals surface area (Å²) >= 11 is 12.3. The number of benzene rings is 2. The van der Waals surface area contributed by atoms with Gasteiger partial charge in [-0.15, -0.1) is 0 Å². The highest BCUT2D eigenvalue weighted by Gasteiger charge is 2.31. The maximum Gasteiger partial charge on any atom is 0.289 e. The van der Waals surface area contributed by atoms with E-state index in [1.165, 1.54) is 11.9 Å². The van der Waals surface area contributed by atoms with Crippen molar-refractivity contribution in [1.82, 2.24) is 10.2 Å². The van der Waals surface area contributed by atoms with Crippen LogP contribution in [-0.2, 0) is 16.1 Å². The average molecular weight is 391 g/mol. The van der Waals surface area contributed by atoms with Crippen molar-refractivity contribution in [2.75, 3.05) is 13.6 Å². The van der Waals surface area contributed by atoms with Crippen LogP contribution in [0.4, 0.5) is 0 Å². The molecule has 1 aliphatic heterocycles. The van der Waals surface area contributed by atoms with Crippen molar-refractivity contribution in [3.63, 3.8) is 0 Å². The summed E-state index contributed by atoms with van der Waals surface area (Å²) in [7, 11) is 1.52. The summed E-state index contributed by atoms with van der Waals surface area (Å²) in [4.78, 5) is 25.1. The molecule has 5 nitrogen and oxygen atoms in total. The van der Waals surface area contributed by atoms with Gasteiger partial charge in [-0.2, -0.15) is 0 Å². The molecule has 0 aromatic heterocycles. The summed E-state index contributed by atoms with van der Waals surface area (Å²) in [6.07, 6.45) is 0. The molecule has 0 bridgehead atoms. The summed E-state index contributed by atoms with van der Waals surface area (Å²) < 4.78 is 0. The minimum atomic E-state index is -0.548. The van der Waals surface area contributed by atoms with E-state index in [1.807, 2.05) is 24.3 Å². The second-order valence-electron chi connectivity index (χ2n) is 6.00. The van der Waals surface area contributed by atoms with Gasteiger partial charge in [-0.1, -0.05) is 41.4 Å². The fourth-order valence-corrected chi connectivity index (χ4v) is 3.13. The Morgan fingerprint density at radius 1 is 1.23 bits per heavy atom. The van der Waals surface area contributed by atoms with Crippen molar-refractivity contribution in [3.8, 4) is 11.1 Å². The van der Waals surface area contributed by atoms with Gasteiger partial charge in [-0.25, -0.2) is 0 Å². The normalized spacial score (nSPS) is 14.1. The first-order chi connectivity index (χ1) is 12.4. The standard InChI is InChI=1S/C19H16Cl2N2O3/c1-23-10-15(17(24)19(23)26)18(25)22-9-11-3-2-4-12(7-11)14-8-13(20)5-6-16(14)21/h2-8,24H,9-10H2,1H3,(H,22,25). The number of rotatable bonds is 4. The zero-order chi connectivity index (χ0) is 18.8. The van der Waals surface area contributed by atoms with Gasteiger partial charge in [0.1, 0.15) is 0 Å². The summed E-state index contributed by atoms with van der Waals surface area (Å²) in [5, 5.41) is 13.6. The number of nitrogens with zero attached hydrogens (tertiary/aromatic N) is 1. The molecule has 2 aromatic rings. The van der Waals surface area contributed by atoms with Crippen LogP contribution in [0.1, 0.15) is 5.56 Å². The Kier molecular flexibility index (Phi) is 5.20. The summed E-state index contributed by atoms with van der Waals surface area (Å²) in [6.45, 7) is 0.341. The number of aliphatic hydroxyl groups excluding tert-OH is 1. The molecule has 1 aliphatic rings. The molecule has 0 radical (unpaired) electrons. The first-order valence-electron chi connectivity index (χ1n) is 7.87. The molecule has 1 heterocycles. The number of nitrogens with one attached hydrogen (secondary N) is 1. The van der Waals surface area contributed by atoms with Crippen LogP contribution in [0.15, 0.2) is 53.8 Å². The smallest absolute Gasteiger partial charge is 0.289 e. The van der Waals surface area contributed by atoms with E-state index in [1.54, 1.807) is 18.2 Å². The van der Waals surface area contributed by atoms with Crippen LogP contribution in [0, 0.1) is 0 Å². The molecular weight excluding hydrogens is 375 g/mol. The lowest BCUT2D eigenvalue weighted by Gasteiger charge is -2.10. The van der Waals surface area contributed by atoms with E-state index in [2.05, 4.69) is 5.32 Å². The third-order valence-electron chi connectivity index (χ3n) is 4.12. The second-order valence-corrected chi connectivity index (χ2v) is 6.84. The van der Waals surface area contributed by atoms with Crippen molar-refractivity contribution in [2.45, 2.75) is 6.54 Å². The highest BCUT2D eigenvalue weighted by atomic mass is 35.5. The lowest BCUT2D eigenvalue weighted by atomic mass is 10.0. The molecule has 7 heteroatoms. The van der Waals surface area contributed by atoms with Crippen LogP contribution in [0.2, 0.25) is 10.0 Å². The van der Waals surface area contributed by atoms with Gasteiger partial charge in [-0.05, 0) is 35.4 Å². The quantitative estimate of drug-likeness (QED) is 0.838. The summed E-state index contributed by atoms with van der Waals surface area (Å²) in [6, 6.07) is 12.8. The van der Waals surface area contributed by atoms with E-state index >= 15 is 0 Å². The molecule has 0 spiro atoms. The minimum absolute atomic E-state index is 0.0755. The van der Waals surface area contributed by atoms with E-state index in [4.69, 9.17) is 23.2 Å². The molecule has 2 aromatic carbocycles. The monoisotopic (exact) mass is 390 g/mol. The SMILES string of the molecule is CN1CC(C(=O)NCc2cccc(-c3cc(Cl)ccc3Cl)c2)=C(O)C1=O. The number of hydrogen-bond donors (Lipinski definition) is 2. The van der Waals surface area contributed by atoms with Crippen LogP contribution in [0.3, 0.4) is 0 Å². The lowest BCUT2D eigenvalue weighted by molar-refractivity contribution is -0.126. The van der Waals surface area contributed by atoms with Crippen LogP contribution in [-0.4, -0.2) is 35.4 Å². The van der Waals surface area contributed by atoms with E-state index in [-0.39, 0.29) is 18.7 Å². The molecule has 2 amide bonds. The zero-order valence-electron chi connectivity index (χ0n) is 13.9. The zero-order valence-corrected chi connectivity index (χ0v) is 15.4. The first-order valence-corrected chi connectivity index (χ1v) is 8.62. The van der Waals surface area contributed by atoms with Gasteiger partial charge in [0.2, 0.25) is 0 Å². The van der Waals surface area contributed by atoms with Crippen LogP contribution in [0.25, 0.3) is 11.1 Å². The lowest BCUT2D eigenvalue weighted by Crippen LogP contribution is -2.27. The average Bonchev–Trinajstić information content (AvgIpc) is 2.89. The molecule has 0 atom stereocenters. The van der Waals surface area contributed by atoms with Gasteiger partial charge in [-0.3, -0.25) is 9.59 Å². The minimum Gasteiger partial charge on any atom is -0.503 e. The summed E-state index contributed by atoms with van der Waals surface area (Å²) in [5.41, 5.74) is 2.61. The number of likely N-dealkylation sites (N-methyl/N-ethyl adjacent to an activating group) is 1. The Morgan fingerprint density at radius 3 is 2.69 bits per heavy atom. The number of amides is 2. The molecule has 26 heavy (non-hydrogen) atoms. The van der Waals surface area contributed by atoms with E-state index in [9.17, 15) is 14.7 Å². The van der Waals surface area contributed by atoms with Gasteiger partial charge in [0.15, 0.2) is 5.76 Å². The number of hydrogen-bond acceptors (Lipinski definition) is 3. The Bertz CT molecular complexity index is 925. The topological polar surface area (TPSA) is 69.6 Å². The highest BCUT2D eigenvalue weighted by Crippen LogP contribution is 2.31. The largest absolute Gasteiger partial charge is 0.503 e. The van der Waals surface area contributed by atoms with Gasteiger partial charge < -0.3 is 15.3 Å². The Balaban J connectivity index is 1.75. The van der Waals surface area contributed by atoms with Crippen molar-refractivity contribution < 1.29 is 14.7 Å². The molecule has 134 valence electrons. The van der Waals surface area contributed by atoms with Crippen LogP contribution >= 0.6 is 23.2 Å². The molecule has 2 N–H and O–H groups in total. The molecule has 0 fully saturated rings. The van der Waals surface area contributed by atoms with Gasteiger partial charge in [0.05, 0.1) is 12.1 Å². The fraction of sp³-hybridized carbons (Fsp3) is 0.158. The first kappa shape index (κ1) is 18.3. The Labute approximate surface area is 160 Å². The molecule has 0 saturated heterocycles. The van der Waals surface area contributed by atoms with Gasteiger partial charge >= 0.3 is 0 Å². The van der Waals surface area contributed by atoms with Gasteiger partial charge in [0.25, 0.3) is 11.8 Å². The van der Waals surface area contributed by atoms with E-state index in [0.717, 1.165) is 16.7 Å². The molecule has 0 unspecified atom stereocenters. The van der Waals surface area contributed by atoms with E-state index < -0.39 is 17.6 Å². The van der Waals surface area contributed by atoms with Crippen LogP contribution < -0.4 is 5.32 Å². The van der Waals surface area contributed by atoms with Crippen molar-refractivity contribution in [1.29, 1.82) is 0 Å². The highest BCUT2D eigenvalue weighted by molar-refractivity contribution is 6.35. The third kappa shape index (κ3) is 3.69. The maximum absolute atomic E-state index is 12.2. The fourth-order valence-electron chi connectivity index (χ4n) is 2.73. The number of carbonyl (C=O) groups is 2. The predicted molar refractivity (Wildman–Crippen MR) is 101 cm³/mol. The van der Waals surface area contributed by atoms with Crippen molar-refractivity contribution in [2.24, 2.45) is 0 Å². The van der Waals surface area contributed by atoms with Crippen molar-refractivity contribution >= 4 is 35.0 Å². The molecule has 0 saturated carbocycles. The van der Waals surface area contributed by atoms with Crippen LogP contribution in [0.5, 0.6) is 0 Å². The molecular formula is C19H16Cl2N2O3. The molecule has 3 rings (SSSR count). The summed E-state index contributed by atoms with van der Waals surface area (Å²) in [5.74, 6) is -1.51. The second kappa shape index (κ2) is 7.40. The number of halogens is 2. The maximum atomic E-state index is 12.2. The Morgan fingerprint density at radius 2 is 2.00 bits per heavy atom. The third-order valence-corrected chi connectivity index (χ3v) is 4.69. The number of carbonyl (C=O) groups excluding carboxylic acids is 2. The predicted octanol–water partition coefficient (Wildman–Crippen LogP) is 3.56. The van der Waals surface area contributed by atoms with Crippen molar-refractivity contribution in [3.05, 3.63) is 69.4 Å². The molecule has 0 aliphatic carbocycles. The number of aliphatic hydroxyl groups is 1. The Hall–Kier alpha value is -2.50. The van der Waals surface area contributed by atoms with E-state index in [0.29, 0.717) is 10.0 Å².